The molecule has 0 atom stereocenters. The lowest BCUT2D eigenvalue weighted by Gasteiger charge is -2.07. The van der Waals surface area contributed by atoms with Gasteiger partial charge in [0, 0.05) is 16.9 Å². The number of halogens is 1. The number of pyridine rings is 1. The van der Waals surface area contributed by atoms with E-state index in [0.717, 1.165) is 11.3 Å². The van der Waals surface area contributed by atoms with E-state index in [4.69, 9.17) is 0 Å². The van der Waals surface area contributed by atoms with Crippen LogP contribution in [0.5, 0.6) is 0 Å². The van der Waals surface area contributed by atoms with Crippen molar-refractivity contribution >= 4 is 43.0 Å². The number of anilines is 1. The maximum Gasteiger partial charge on any atom is 0.272 e. The van der Waals surface area contributed by atoms with Crippen molar-refractivity contribution < 1.29 is 8.42 Å². The van der Waals surface area contributed by atoms with Gasteiger partial charge in [-0.15, -0.1) is 11.3 Å². The molecule has 3 aromatic heterocycles. The number of rotatable bonds is 4. The molecule has 0 fully saturated rings. The second-order valence-electron chi connectivity index (χ2n) is 4.02. The second-order valence-corrected chi connectivity index (χ2v) is 7.67. The monoisotopic (exact) mass is 384 g/mol. The third kappa shape index (κ3) is 2.99. The van der Waals surface area contributed by atoms with E-state index in [1.807, 2.05) is 0 Å². The molecule has 9 heteroatoms. The van der Waals surface area contributed by atoms with Crippen LogP contribution in [0.4, 0.5) is 5.69 Å². The van der Waals surface area contributed by atoms with E-state index >= 15 is 0 Å². The summed E-state index contributed by atoms with van der Waals surface area (Å²) in [6.07, 6.45) is 4.86. The average molecular weight is 385 g/mol. The number of sulfonamides is 1. The first kappa shape index (κ1) is 14.2. The van der Waals surface area contributed by atoms with E-state index in [-0.39, 0.29) is 4.21 Å². The quantitative estimate of drug-likeness (QED) is 0.749. The molecule has 108 valence electrons. The highest BCUT2D eigenvalue weighted by atomic mass is 79.9. The van der Waals surface area contributed by atoms with Gasteiger partial charge in [-0.05, 0) is 45.6 Å². The number of aromatic nitrogens is 3. The summed E-state index contributed by atoms with van der Waals surface area (Å²) in [5.74, 6) is 0.611. The van der Waals surface area contributed by atoms with Crippen LogP contribution in [0.2, 0.25) is 0 Å². The molecule has 0 unspecified atom stereocenters. The smallest absolute Gasteiger partial charge is 0.272 e. The number of nitrogens with one attached hydrogen (secondary N) is 1. The van der Waals surface area contributed by atoms with Crippen molar-refractivity contribution in [1.82, 2.24) is 14.8 Å². The number of thiophene rings is 1. The lowest BCUT2D eigenvalue weighted by Crippen LogP contribution is -2.12. The first-order valence-electron chi connectivity index (χ1n) is 5.78. The molecule has 0 aliphatic rings. The van der Waals surface area contributed by atoms with Crippen LogP contribution in [0.25, 0.3) is 5.82 Å². The Bertz CT molecular complexity index is 842. The van der Waals surface area contributed by atoms with E-state index in [0.29, 0.717) is 16.0 Å². The minimum atomic E-state index is -3.61. The van der Waals surface area contributed by atoms with Gasteiger partial charge in [0.2, 0.25) is 0 Å². The van der Waals surface area contributed by atoms with Crippen molar-refractivity contribution in [3.63, 3.8) is 0 Å². The molecule has 1 N–H and O–H groups in total. The van der Waals surface area contributed by atoms with Crippen molar-refractivity contribution in [2.75, 3.05) is 4.72 Å². The normalized spacial score (nSPS) is 11.5. The second kappa shape index (κ2) is 5.58. The molecule has 3 rings (SSSR count). The van der Waals surface area contributed by atoms with Crippen molar-refractivity contribution in [1.29, 1.82) is 0 Å². The Kier molecular flexibility index (Phi) is 3.79. The fraction of sp³-hybridized carbons (Fsp3) is 0. The van der Waals surface area contributed by atoms with Gasteiger partial charge in [0.05, 0.1) is 11.9 Å². The summed E-state index contributed by atoms with van der Waals surface area (Å²) in [5.41, 5.74) is 0.395. The van der Waals surface area contributed by atoms with Crippen LogP contribution < -0.4 is 4.72 Å². The molecule has 0 aliphatic carbocycles. The van der Waals surface area contributed by atoms with Gasteiger partial charge >= 0.3 is 0 Å². The van der Waals surface area contributed by atoms with Crippen LogP contribution in [-0.4, -0.2) is 23.2 Å². The standard InChI is InChI=1S/C12H9BrN4O2S2/c13-10-4-7-20-12(10)21(18,19)16-9-2-3-11(14-8-9)17-6-1-5-15-17/h1-8,16H. The van der Waals surface area contributed by atoms with Gasteiger partial charge in [-0.3, -0.25) is 4.72 Å². The van der Waals surface area contributed by atoms with Crippen LogP contribution >= 0.6 is 27.3 Å². The highest BCUT2D eigenvalue weighted by molar-refractivity contribution is 9.10. The van der Waals surface area contributed by atoms with Gasteiger partial charge in [0.25, 0.3) is 10.0 Å². The Balaban J connectivity index is 1.84. The molecule has 0 bridgehead atoms. The molecular weight excluding hydrogens is 376 g/mol. The largest absolute Gasteiger partial charge is 0.277 e. The number of hydrogen-bond acceptors (Lipinski definition) is 5. The molecule has 0 amide bonds. The highest BCUT2D eigenvalue weighted by Crippen LogP contribution is 2.29. The maximum absolute atomic E-state index is 12.2. The van der Waals surface area contributed by atoms with Gasteiger partial charge in [0.1, 0.15) is 0 Å². The van der Waals surface area contributed by atoms with Crippen LogP contribution in [0, 0.1) is 0 Å². The van der Waals surface area contributed by atoms with E-state index in [1.165, 1.54) is 6.20 Å². The molecule has 0 saturated heterocycles. The summed E-state index contributed by atoms with van der Waals surface area (Å²) in [6, 6.07) is 6.81. The van der Waals surface area contributed by atoms with Gasteiger partial charge in [0.15, 0.2) is 10.0 Å². The molecule has 0 aromatic carbocycles. The SMILES string of the molecule is O=S(=O)(Nc1ccc(-n2cccn2)nc1)c1sccc1Br. The fourth-order valence-corrected chi connectivity index (χ4v) is 5.04. The van der Waals surface area contributed by atoms with Crippen LogP contribution in [0.3, 0.4) is 0 Å². The Morgan fingerprint density at radius 1 is 1.29 bits per heavy atom. The summed E-state index contributed by atoms with van der Waals surface area (Å²) in [5, 5.41) is 5.76. The van der Waals surface area contributed by atoms with E-state index < -0.39 is 10.0 Å². The zero-order valence-corrected chi connectivity index (χ0v) is 13.7. The van der Waals surface area contributed by atoms with Gasteiger partial charge in [-0.1, -0.05) is 0 Å². The van der Waals surface area contributed by atoms with Crippen LogP contribution in [0.1, 0.15) is 0 Å². The Morgan fingerprint density at radius 2 is 2.14 bits per heavy atom. The van der Waals surface area contributed by atoms with E-state index in [9.17, 15) is 8.42 Å². The predicted octanol–water partition coefficient (Wildman–Crippen LogP) is 2.89. The summed E-state index contributed by atoms with van der Waals surface area (Å²) in [7, 11) is -3.61. The lowest BCUT2D eigenvalue weighted by molar-refractivity contribution is 0.603. The number of hydrogen-bond donors (Lipinski definition) is 1. The molecule has 0 spiro atoms. The van der Waals surface area contributed by atoms with Gasteiger partial charge in [-0.2, -0.15) is 5.10 Å². The lowest BCUT2D eigenvalue weighted by atomic mass is 10.4. The Hall–Kier alpha value is -1.71. The molecular formula is C12H9BrN4O2S2. The van der Waals surface area contributed by atoms with Crippen molar-refractivity contribution in [2.24, 2.45) is 0 Å². The first-order chi connectivity index (χ1) is 10.1. The summed E-state index contributed by atoms with van der Waals surface area (Å²) < 4.78 is 29.3. The molecule has 6 nitrogen and oxygen atoms in total. The topological polar surface area (TPSA) is 76.9 Å². The minimum Gasteiger partial charge on any atom is -0.277 e. The molecule has 0 aliphatic heterocycles. The van der Waals surface area contributed by atoms with Crippen molar-refractivity contribution in [3.8, 4) is 5.82 Å². The number of nitrogens with zero attached hydrogens (tertiary/aromatic N) is 3. The molecule has 3 aromatic rings. The third-order valence-electron chi connectivity index (χ3n) is 2.57. The summed E-state index contributed by atoms with van der Waals surface area (Å²) >= 11 is 4.36. The van der Waals surface area contributed by atoms with Crippen molar-refractivity contribution in [3.05, 3.63) is 52.7 Å². The minimum absolute atomic E-state index is 0.235. The van der Waals surface area contributed by atoms with E-state index in [1.54, 1.807) is 46.7 Å². The first-order valence-corrected chi connectivity index (χ1v) is 8.94. The molecule has 21 heavy (non-hydrogen) atoms. The van der Waals surface area contributed by atoms with Gasteiger partial charge in [-0.25, -0.2) is 18.1 Å². The van der Waals surface area contributed by atoms with Crippen molar-refractivity contribution in [2.45, 2.75) is 4.21 Å². The van der Waals surface area contributed by atoms with E-state index in [2.05, 4.69) is 30.7 Å². The average Bonchev–Trinajstić information content (AvgIpc) is 3.10. The zero-order valence-electron chi connectivity index (χ0n) is 10.5. The third-order valence-corrected chi connectivity index (χ3v) is 6.62. The molecule has 0 saturated carbocycles. The summed E-state index contributed by atoms with van der Waals surface area (Å²) in [6.45, 7) is 0. The fourth-order valence-electron chi connectivity index (χ4n) is 1.66. The molecule has 3 heterocycles. The Labute approximate surface area is 133 Å². The zero-order chi connectivity index (χ0) is 14.9. The predicted molar refractivity (Wildman–Crippen MR) is 84.2 cm³/mol. The van der Waals surface area contributed by atoms with Crippen LogP contribution in [-0.2, 0) is 10.0 Å². The van der Waals surface area contributed by atoms with Crippen LogP contribution in [0.15, 0.2) is 56.9 Å². The van der Waals surface area contributed by atoms with Gasteiger partial charge < -0.3 is 0 Å². The summed E-state index contributed by atoms with van der Waals surface area (Å²) in [4.78, 5) is 4.17. The molecule has 0 radical (unpaired) electrons. The maximum atomic E-state index is 12.2. The highest BCUT2D eigenvalue weighted by Gasteiger charge is 2.19. The Morgan fingerprint density at radius 3 is 2.71 bits per heavy atom.